The minimum Gasteiger partial charge on any atom is -0.396 e. The molecule has 1 fully saturated rings. The van der Waals surface area contributed by atoms with Crippen LogP contribution in [-0.4, -0.2) is 29.2 Å². The molecule has 0 bridgehead atoms. The number of aliphatic hydroxyl groups is 1. The van der Waals surface area contributed by atoms with E-state index in [9.17, 15) is 0 Å². The van der Waals surface area contributed by atoms with Crippen LogP contribution in [0.15, 0.2) is 22.7 Å². The molecule has 1 aromatic carbocycles. The number of piperidine rings is 1. The lowest BCUT2D eigenvalue weighted by molar-refractivity contribution is 0.112. The highest BCUT2D eigenvalue weighted by atomic mass is 79.9. The van der Waals surface area contributed by atoms with Crippen molar-refractivity contribution in [3.05, 3.63) is 33.3 Å². The summed E-state index contributed by atoms with van der Waals surface area (Å²) in [6.07, 6.45) is 4.58. The molecule has 1 N–H and O–H groups in total. The first-order valence-corrected chi connectivity index (χ1v) is 7.66. The van der Waals surface area contributed by atoms with Crippen molar-refractivity contribution < 1.29 is 5.11 Å². The molecule has 18 heavy (non-hydrogen) atoms. The Balaban J connectivity index is 2.06. The van der Waals surface area contributed by atoms with Crippen molar-refractivity contribution in [2.45, 2.75) is 38.3 Å². The van der Waals surface area contributed by atoms with Crippen molar-refractivity contribution >= 4 is 27.5 Å². The topological polar surface area (TPSA) is 23.5 Å². The maximum atomic E-state index is 9.13. The molecular weight excluding hydrogens is 314 g/mol. The lowest BCUT2D eigenvalue weighted by Gasteiger charge is -2.35. The van der Waals surface area contributed by atoms with Crippen molar-refractivity contribution in [1.82, 2.24) is 4.90 Å². The molecule has 0 radical (unpaired) electrons. The van der Waals surface area contributed by atoms with Gasteiger partial charge in [-0.05, 0) is 43.5 Å². The second-order valence-electron chi connectivity index (χ2n) is 4.87. The van der Waals surface area contributed by atoms with Gasteiger partial charge in [-0.15, -0.1) is 0 Å². The van der Waals surface area contributed by atoms with Crippen molar-refractivity contribution in [1.29, 1.82) is 0 Å². The molecule has 1 aliphatic rings. The molecular formula is C14H19BrClNO. The number of nitrogens with zero attached hydrogens (tertiary/aromatic N) is 1. The molecule has 0 saturated carbocycles. The maximum absolute atomic E-state index is 9.13. The number of aliphatic hydroxyl groups excluding tert-OH is 1. The first kappa shape index (κ1) is 14.3. The van der Waals surface area contributed by atoms with Gasteiger partial charge in [0.25, 0.3) is 0 Å². The van der Waals surface area contributed by atoms with Crippen LogP contribution in [0.4, 0.5) is 0 Å². The van der Waals surface area contributed by atoms with E-state index in [0.717, 1.165) is 29.0 Å². The molecule has 1 heterocycles. The Kier molecular flexibility index (Phi) is 5.49. The number of rotatable bonds is 4. The summed E-state index contributed by atoms with van der Waals surface area (Å²) in [6.45, 7) is 2.27. The summed E-state index contributed by atoms with van der Waals surface area (Å²) in [4.78, 5) is 2.45. The molecule has 0 aromatic heterocycles. The third-order valence-corrected chi connectivity index (χ3v) is 4.45. The third-order valence-electron chi connectivity index (χ3n) is 3.60. The number of halogens is 2. The molecule has 2 rings (SSSR count). The zero-order chi connectivity index (χ0) is 13.0. The first-order chi connectivity index (χ1) is 8.70. The minimum absolute atomic E-state index is 0.273. The fraction of sp³-hybridized carbons (Fsp3) is 0.571. The van der Waals surface area contributed by atoms with Gasteiger partial charge in [0.2, 0.25) is 0 Å². The summed E-state index contributed by atoms with van der Waals surface area (Å²) >= 11 is 9.69. The number of benzene rings is 1. The average molecular weight is 333 g/mol. The molecule has 1 atom stereocenters. The molecule has 100 valence electrons. The Hall–Kier alpha value is -0.0900. The third kappa shape index (κ3) is 3.70. The Morgan fingerprint density at radius 1 is 1.39 bits per heavy atom. The van der Waals surface area contributed by atoms with E-state index in [1.54, 1.807) is 0 Å². The van der Waals surface area contributed by atoms with Crippen LogP contribution in [-0.2, 0) is 6.54 Å². The van der Waals surface area contributed by atoms with E-state index in [4.69, 9.17) is 16.7 Å². The number of likely N-dealkylation sites (tertiary alicyclic amines) is 1. The second kappa shape index (κ2) is 6.90. The molecule has 0 amide bonds. The van der Waals surface area contributed by atoms with Gasteiger partial charge in [0.1, 0.15) is 0 Å². The zero-order valence-corrected chi connectivity index (χ0v) is 12.8. The summed E-state index contributed by atoms with van der Waals surface area (Å²) in [5.74, 6) is 0. The van der Waals surface area contributed by atoms with Crippen molar-refractivity contribution in [3.63, 3.8) is 0 Å². The largest absolute Gasteiger partial charge is 0.396 e. The molecule has 4 heteroatoms. The van der Waals surface area contributed by atoms with E-state index in [-0.39, 0.29) is 6.61 Å². The lowest BCUT2D eigenvalue weighted by atomic mass is 9.99. The van der Waals surface area contributed by atoms with Crippen molar-refractivity contribution in [2.24, 2.45) is 0 Å². The smallest absolute Gasteiger partial charge is 0.0462 e. The Morgan fingerprint density at radius 3 is 2.94 bits per heavy atom. The normalized spacial score (nSPS) is 21.2. The Labute approximate surface area is 122 Å². The van der Waals surface area contributed by atoms with Crippen molar-refractivity contribution in [2.75, 3.05) is 13.2 Å². The Morgan fingerprint density at radius 2 is 2.22 bits per heavy atom. The quantitative estimate of drug-likeness (QED) is 0.905. The van der Waals surface area contributed by atoms with Crippen LogP contribution in [0.2, 0.25) is 5.02 Å². The van der Waals surface area contributed by atoms with Crippen molar-refractivity contribution in [3.8, 4) is 0 Å². The van der Waals surface area contributed by atoms with E-state index < -0.39 is 0 Å². The SMILES string of the molecule is OCCC1CCCCN1Cc1ccc(Br)cc1Cl. The van der Waals surface area contributed by atoms with Crippen LogP contribution in [0.1, 0.15) is 31.2 Å². The number of hydrogen-bond donors (Lipinski definition) is 1. The van der Waals surface area contributed by atoms with Gasteiger partial charge in [-0.3, -0.25) is 4.90 Å². The summed E-state index contributed by atoms with van der Waals surface area (Å²) in [5, 5.41) is 9.95. The van der Waals surface area contributed by atoms with E-state index in [1.807, 2.05) is 12.1 Å². The molecule has 1 saturated heterocycles. The van der Waals surface area contributed by atoms with E-state index in [2.05, 4.69) is 26.9 Å². The van der Waals surface area contributed by atoms with Gasteiger partial charge in [0.05, 0.1) is 0 Å². The van der Waals surface area contributed by atoms with E-state index in [0.29, 0.717) is 6.04 Å². The fourth-order valence-electron chi connectivity index (χ4n) is 2.61. The molecule has 2 nitrogen and oxygen atoms in total. The van der Waals surface area contributed by atoms with Crippen LogP contribution in [0, 0.1) is 0 Å². The highest BCUT2D eigenvalue weighted by molar-refractivity contribution is 9.10. The molecule has 0 spiro atoms. The van der Waals surface area contributed by atoms with Crippen LogP contribution in [0.25, 0.3) is 0 Å². The summed E-state index contributed by atoms with van der Waals surface area (Å²) < 4.78 is 1.02. The standard InChI is InChI=1S/C14H19BrClNO/c15-12-5-4-11(14(16)9-12)10-17-7-2-1-3-13(17)6-8-18/h4-5,9,13,18H,1-3,6-8,10H2. The maximum Gasteiger partial charge on any atom is 0.0462 e. The fourth-order valence-corrected chi connectivity index (χ4v) is 3.35. The Bertz CT molecular complexity index is 397. The van der Waals surface area contributed by atoms with Gasteiger partial charge in [-0.1, -0.05) is 40.0 Å². The van der Waals surface area contributed by atoms with Gasteiger partial charge in [0.15, 0.2) is 0 Å². The lowest BCUT2D eigenvalue weighted by Crippen LogP contribution is -2.39. The van der Waals surface area contributed by atoms with Crippen LogP contribution in [0.5, 0.6) is 0 Å². The predicted molar refractivity (Wildman–Crippen MR) is 78.9 cm³/mol. The average Bonchev–Trinajstić information content (AvgIpc) is 2.35. The molecule has 1 aromatic rings. The van der Waals surface area contributed by atoms with Gasteiger partial charge in [-0.2, -0.15) is 0 Å². The van der Waals surface area contributed by atoms with Gasteiger partial charge in [0, 0.05) is 28.7 Å². The summed E-state index contributed by atoms with van der Waals surface area (Å²) in [6, 6.07) is 6.56. The molecule has 1 unspecified atom stereocenters. The highest BCUT2D eigenvalue weighted by Crippen LogP contribution is 2.26. The van der Waals surface area contributed by atoms with Crippen LogP contribution >= 0.6 is 27.5 Å². The van der Waals surface area contributed by atoms with Gasteiger partial charge in [-0.25, -0.2) is 0 Å². The number of hydrogen-bond acceptors (Lipinski definition) is 2. The van der Waals surface area contributed by atoms with Crippen LogP contribution in [0.3, 0.4) is 0 Å². The van der Waals surface area contributed by atoms with E-state index >= 15 is 0 Å². The monoisotopic (exact) mass is 331 g/mol. The van der Waals surface area contributed by atoms with Gasteiger partial charge >= 0.3 is 0 Å². The molecule has 1 aliphatic heterocycles. The highest BCUT2D eigenvalue weighted by Gasteiger charge is 2.22. The van der Waals surface area contributed by atoms with E-state index in [1.165, 1.54) is 24.8 Å². The minimum atomic E-state index is 0.273. The van der Waals surface area contributed by atoms with Crippen LogP contribution < -0.4 is 0 Å². The predicted octanol–water partition coefficient (Wildman–Crippen LogP) is 3.84. The zero-order valence-electron chi connectivity index (χ0n) is 10.4. The summed E-state index contributed by atoms with van der Waals surface area (Å²) in [5.41, 5.74) is 1.17. The summed E-state index contributed by atoms with van der Waals surface area (Å²) in [7, 11) is 0. The first-order valence-electron chi connectivity index (χ1n) is 6.49. The molecule has 0 aliphatic carbocycles. The van der Waals surface area contributed by atoms with Gasteiger partial charge < -0.3 is 5.11 Å². The second-order valence-corrected chi connectivity index (χ2v) is 6.19.